The molecule has 20 heavy (non-hydrogen) atoms. The molecular formula is C16H21NO3. The van der Waals surface area contributed by atoms with Crippen LogP contribution in [-0.4, -0.2) is 29.6 Å². The molecule has 1 heterocycles. The highest BCUT2D eigenvalue weighted by molar-refractivity contribution is 6.03. The van der Waals surface area contributed by atoms with E-state index in [9.17, 15) is 9.90 Å². The zero-order valence-corrected chi connectivity index (χ0v) is 12.4. The Balaban J connectivity index is 2.34. The van der Waals surface area contributed by atoms with Crippen LogP contribution in [0.1, 0.15) is 36.9 Å². The van der Waals surface area contributed by atoms with Crippen molar-refractivity contribution in [3.05, 3.63) is 35.6 Å². The minimum absolute atomic E-state index is 0.157. The summed E-state index contributed by atoms with van der Waals surface area (Å²) in [5.74, 6) is -0.417. The molecule has 0 saturated carbocycles. The number of furan rings is 1. The van der Waals surface area contributed by atoms with Crippen LogP contribution in [0.25, 0.3) is 11.0 Å². The molecule has 0 spiro atoms. The molecule has 2 rings (SSSR count). The molecule has 0 amide bonds. The van der Waals surface area contributed by atoms with Gasteiger partial charge in [-0.1, -0.05) is 39.0 Å². The van der Waals surface area contributed by atoms with Gasteiger partial charge in [0, 0.05) is 11.9 Å². The Bertz CT molecular complexity index is 622. The van der Waals surface area contributed by atoms with Crippen LogP contribution in [0.3, 0.4) is 0 Å². The number of para-hydroxylation sites is 1. The standard InChI is InChI=1S/C16H21NO3/c1-16(2,3)10-17(4)9-13-14(15(18)19)11-7-5-6-8-12(11)20-13/h5-8H,9-10H2,1-4H3,(H,18,19). The van der Waals surface area contributed by atoms with Crippen molar-refractivity contribution in [2.45, 2.75) is 27.3 Å². The predicted octanol–water partition coefficient (Wildman–Crippen LogP) is 3.61. The minimum atomic E-state index is -0.936. The highest BCUT2D eigenvalue weighted by Gasteiger charge is 2.22. The van der Waals surface area contributed by atoms with Crippen molar-refractivity contribution in [2.24, 2.45) is 5.41 Å². The molecule has 2 aromatic rings. The Labute approximate surface area is 119 Å². The maximum Gasteiger partial charge on any atom is 0.339 e. The molecule has 1 aromatic heterocycles. The van der Waals surface area contributed by atoms with Crippen LogP contribution in [0.15, 0.2) is 28.7 Å². The highest BCUT2D eigenvalue weighted by Crippen LogP contribution is 2.27. The van der Waals surface area contributed by atoms with Gasteiger partial charge in [-0.2, -0.15) is 0 Å². The normalized spacial score (nSPS) is 12.2. The Morgan fingerprint density at radius 1 is 1.30 bits per heavy atom. The third kappa shape index (κ3) is 3.20. The van der Waals surface area contributed by atoms with E-state index in [1.807, 2.05) is 19.2 Å². The number of nitrogens with zero attached hydrogens (tertiary/aromatic N) is 1. The molecular weight excluding hydrogens is 254 g/mol. The molecule has 1 aromatic carbocycles. The lowest BCUT2D eigenvalue weighted by Crippen LogP contribution is -2.29. The van der Waals surface area contributed by atoms with Crippen LogP contribution >= 0.6 is 0 Å². The van der Waals surface area contributed by atoms with E-state index >= 15 is 0 Å². The summed E-state index contributed by atoms with van der Waals surface area (Å²) in [7, 11) is 1.98. The van der Waals surface area contributed by atoms with E-state index in [4.69, 9.17) is 4.42 Å². The van der Waals surface area contributed by atoms with Gasteiger partial charge in [-0.25, -0.2) is 4.79 Å². The second kappa shape index (κ2) is 5.29. The molecule has 0 aliphatic rings. The first-order chi connectivity index (χ1) is 9.28. The Hall–Kier alpha value is -1.81. The molecule has 0 radical (unpaired) electrons. The van der Waals surface area contributed by atoms with Gasteiger partial charge in [0.15, 0.2) is 0 Å². The van der Waals surface area contributed by atoms with Gasteiger partial charge < -0.3 is 9.52 Å². The number of hydrogen-bond donors (Lipinski definition) is 1. The van der Waals surface area contributed by atoms with Gasteiger partial charge in [-0.15, -0.1) is 0 Å². The zero-order valence-electron chi connectivity index (χ0n) is 12.4. The second-order valence-corrected chi connectivity index (χ2v) is 6.43. The van der Waals surface area contributed by atoms with Crippen LogP contribution in [0.4, 0.5) is 0 Å². The van der Waals surface area contributed by atoms with Crippen molar-refractivity contribution in [3.63, 3.8) is 0 Å². The summed E-state index contributed by atoms with van der Waals surface area (Å²) in [4.78, 5) is 13.6. The SMILES string of the molecule is CN(Cc1oc2ccccc2c1C(=O)O)CC(C)(C)C. The van der Waals surface area contributed by atoms with Crippen LogP contribution in [0.2, 0.25) is 0 Å². The van der Waals surface area contributed by atoms with Crippen LogP contribution < -0.4 is 0 Å². The third-order valence-electron chi connectivity index (χ3n) is 3.04. The fourth-order valence-electron chi connectivity index (χ4n) is 2.55. The fourth-order valence-corrected chi connectivity index (χ4v) is 2.55. The zero-order chi connectivity index (χ0) is 14.9. The highest BCUT2D eigenvalue weighted by atomic mass is 16.4. The van der Waals surface area contributed by atoms with E-state index in [2.05, 4.69) is 25.7 Å². The molecule has 0 bridgehead atoms. The summed E-state index contributed by atoms with van der Waals surface area (Å²) in [6.45, 7) is 7.82. The average Bonchev–Trinajstić information content (AvgIpc) is 2.63. The van der Waals surface area contributed by atoms with Crippen molar-refractivity contribution >= 4 is 16.9 Å². The number of benzene rings is 1. The van der Waals surface area contributed by atoms with E-state index < -0.39 is 5.97 Å². The lowest BCUT2D eigenvalue weighted by Gasteiger charge is -2.25. The summed E-state index contributed by atoms with van der Waals surface area (Å²) in [5.41, 5.74) is 1.06. The first-order valence-electron chi connectivity index (χ1n) is 6.70. The third-order valence-corrected chi connectivity index (χ3v) is 3.04. The smallest absolute Gasteiger partial charge is 0.339 e. The van der Waals surface area contributed by atoms with Crippen molar-refractivity contribution < 1.29 is 14.3 Å². The van der Waals surface area contributed by atoms with Gasteiger partial charge in [0.05, 0.1) is 6.54 Å². The fraction of sp³-hybridized carbons (Fsp3) is 0.438. The van der Waals surface area contributed by atoms with E-state index in [0.717, 1.165) is 6.54 Å². The van der Waals surface area contributed by atoms with E-state index in [1.165, 1.54) is 0 Å². The van der Waals surface area contributed by atoms with Crippen molar-refractivity contribution in [1.82, 2.24) is 4.90 Å². The van der Waals surface area contributed by atoms with Crippen molar-refractivity contribution in [2.75, 3.05) is 13.6 Å². The van der Waals surface area contributed by atoms with Crippen molar-refractivity contribution in [3.8, 4) is 0 Å². The Kier molecular flexibility index (Phi) is 3.86. The van der Waals surface area contributed by atoms with Gasteiger partial charge in [0.1, 0.15) is 16.9 Å². The van der Waals surface area contributed by atoms with Gasteiger partial charge in [0.25, 0.3) is 0 Å². The summed E-state index contributed by atoms with van der Waals surface area (Å²) in [6, 6.07) is 7.26. The first kappa shape index (κ1) is 14.6. The van der Waals surface area contributed by atoms with Gasteiger partial charge in [-0.3, -0.25) is 4.90 Å². The largest absolute Gasteiger partial charge is 0.478 e. The number of carboxylic acids is 1. The molecule has 0 aliphatic carbocycles. The van der Waals surface area contributed by atoms with Crippen LogP contribution in [-0.2, 0) is 6.54 Å². The molecule has 0 atom stereocenters. The van der Waals surface area contributed by atoms with Crippen LogP contribution in [0, 0.1) is 5.41 Å². The molecule has 4 heteroatoms. The molecule has 4 nitrogen and oxygen atoms in total. The molecule has 1 N–H and O–H groups in total. The van der Waals surface area contributed by atoms with E-state index in [1.54, 1.807) is 12.1 Å². The maximum atomic E-state index is 11.5. The Morgan fingerprint density at radius 2 is 1.95 bits per heavy atom. The molecule has 0 saturated heterocycles. The van der Waals surface area contributed by atoms with Gasteiger partial charge in [-0.05, 0) is 18.5 Å². The summed E-state index contributed by atoms with van der Waals surface area (Å²) < 4.78 is 5.72. The number of fused-ring (bicyclic) bond motifs is 1. The monoisotopic (exact) mass is 275 g/mol. The number of carbonyl (C=O) groups is 1. The van der Waals surface area contributed by atoms with Crippen LogP contribution in [0.5, 0.6) is 0 Å². The molecule has 0 unspecified atom stereocenters. The lowest BCUT2D eigenvalue weighted by molar-refractivity contribution is 0.0694. The molecule has 0 fully saturated rings. The molecule has 0 aliphatic heterocycles. The summed E-state index contributed by atoms with van der Waals surface area (Å²) in [6.07, 6.45) is 0. The number of aromatic carboxylic acids is 1. The molecule has 108 valence electrons. The lowest BCUT2D eigenvalue weighted by atomic mass is 9.96. The maximum absolute atomic E-state index is 11.5. The second-order valence-electron chi connectivity index (χ2n) is 6.43. The Morgan fingerprint density at radius 3 is 2.55 bits per heavy atom. The minimum Gasteiger partial charge on any atom is -0.478 e. The predicted molar refractivity (Wildman–Crippen MR) is 79.0 cm³/mol. The number of carboxylic acid groups (broad SMARTS) is 1. The summed E-state index contributed by atoms with van der Waals surface area (Å²) in [5, 5.41) is 10.1. The number of rotatable bonds is 4. The van der Waals surface area contributed by atoms with Crippen molar-refractivity contribution in [1.29, 1.82) is 0 Å². The summed E-state index contributed by atoms with van der Waals surface area (Å²) >= 11 is 0. The topological polar surface area (TPSA) is 53.7 Å². The quantitative estimate of drug-likeness (QED) is 0.926. The average molecular weight is 275 g/mol. The van der Waals surface area contributed by atoms with E-state index in [0.29, 0.717) is 23.3 Å². The first-order valence-corrected chi connectivity index (χ1v) is 6.70. The van der Waals surface area contributed by atoms with Gasteiger partial charge >= 0.3 is 5.97 Å². The van der Waals surface area contributed by atoms with E-state index in [-0.39, 0.29) is 11.0 Å². The van der Waals surface area contributed by atoms with Gasteiger partial charge in [0.2, 0.25) is 0 Å². The number of hydrogen-bond acceptors (Lipinski definition) is 3.